The third-order valence-corrected chi connectivity index (χ3v) is 5.96. The van der Waals surface area contributed by atoms with Crippen molar-refractivity contribution in [3.05, 3.63) is 82.7 Å². The zero-order valence-electron chi connectivity index (χ0n) is 20.0. The second kappa shape index (κ2) is 10.3. The average Bonchev–Trinajstić information content (AvgIpc) is 2.78. The molecule has 1 N–H and O–H groups in total. The van der Waals surface area contributed by atoms with E-state index >= 15 is 0 Å². The minimum atomic E-state index is -0.804. The summed E-state index contributed by atoms with van der Waals surface area (Å²) < 4.78 is 26.3. The number of allylic oxidation sites excluding steroid dienone is 2. The summed E-state index contributed by atoms with van der Waals surface area (Å²) in [6.07, 6.45) is 4.07. The maximum atomic E-state index is 14.8. The fourth-order valence-electron chi connectivity index (χ4n) is 3.97. The molecule has 2 unspecified atom stereocenters. The van der Waals surface area contributed by atoms with E-state index in [9.17, 15) is 9.18 Å². The Balaban J connectivity index is 1.80. The van der Waals surface area contributed by atoms with Gasteiger partial charge in [0.15, 0.2) is 0 Å². The van der Waals surface area contributed by atoms with E-state index in [4.69, 9.17) is 14.6 Å². The first kappa shape index (κ1) is 24.7. The summed E-state index contributed by atoms with van der Waals surface area (Å²) in [6.45, 7) is 8.42. The zero-order valence-corrected chi connectivity index (χ0v) is 20.0. The van der Waals surface area contributed by atoms with Gasteiger partial charge in [0.1, 0.15) is 18.2 Å². The largest absolute Gasteiger partial charge is 0.489 e. The van der Waals surface area contributed by atoms with E-state index in [1.807, 2.05) is 36.4 Å². The van der Waals surface area contributed by atoms with E-state index in [2.05, 4.69) is 26.8 Å². The maximum Gasteiger partial charge on any atom is 0.306 e. The number of benzene rings is 2. The summed E-state index contributed by atoms with van der Waals surface area (Å²) in [4.78, 5) is 11.1. The van der Waals surface area contributed by atoms with E-state index < -0.39 is 11.9 Å². The fourth-order valence-corrected chi connectivity index (χ4v) is 3.97. The lowest BCUT2D eigenvalue weighted by Crippen LogP contribution is -2.18. The summed E-state index contributed by atoms with van der Waals surface area (Å²) in [6, 6.07) is 13.6. The van der Waals surface area contributed by atoms with Crippen molar-refractivity contribution in [2.24, 2.45) is 5.92 Å². The molecule has 0 radical (unpaired) electrons. The molecule has 0 saturated heterocycles. The van der Waals surface area contributed by atoms with Crippen molar-refractivity contribution in [2.75, 3.05) is 7.11 Å². The quantitative estimate of drug-likeness (QED) is 0.498. The normalized spacial score (nSPS) is 17.2. The van der Waals surface area contributed by atoms with Crippen molar-refractivity contribution in [2.45, 2.75) is 58.7 Å². The van der Waals surface area contributed by atoms with Crippen LogP contribution in [-0.2, 0) is 28.0 Å². The molecular formula is C28H33FO4. The zero-order chi connectivity index (χ0) is 24.2. The van der Waals surface area contributed by atoms with Crippen LogP contribution in [0.4, 0.5) is 4.39 Å². The van der Waals surface area contributed by atoms with Gasteiger partial charge in [0.2, 0.25) is 0 Å². The van der Waals surface area contributed by atoms with Gasteiger partial charge in [-0.1, -0.05) is 58.0 Å². The van der Waals surface area contributed by atoms with Crippen molar-refractivity contribution >= 4 is 11.5 Å². The summed E-state index contributed by atoms with van der Waals surface area (Å²) in [5, 5.41) is 9.08. The highest BCUT2D eigenvalue weighted by Crippen LogP contribution is 2.37. The highest BCUT2D eigenvalue weighted by molar-refractivity contribution is 5.74. The number of carboxylic acids is 1. The summed E-state index contributed by atoms with van der Waals surface area (Å²) in [5.41, 5.74) is 4.39. The molecule has 2 aromatic carbocycles. The van der Waals surface area contributed by atoms with E-state index in [-0.39, 0.29) is 17.3 Å². The number of halogens is 1. The first-order valence-corrected chi connectivity index (χ1v) is 11.3. The monoisotopic (exact) mass is 452 g/mol. The number of ether oxygens (including phenoxy) is 2. The third-order valence-electron chi connectivity index (χ3n) is 5.96. The molecule has 176 valence electrons. The fraction of sp³-hybridized carbons (Fsp3) is 0.393. The van der Waals surface area contributed by atoms with E-state index in [0.29, 0.717) is 30.8 Å². The standard InChI is InChI=1S/C28H33FO4/c1-18(27(30)31)14-19-6-9-21(10-7-19)33-17-20-8-12-25(28(2,3)4)23(15-20)24-16-22(32-5)11-13-26(24)29/h6-13,15,18,22H,14,16-17H2,1-5H3,(H,30,31). The molecule has 1 aliphatic carbocycles. The predicted molar refractivity (Wildman–Crippen MR) is 129 cm³/mol. The lowest BCUT2D eigenvalue weighted by Gasteiger charge is -2.27. The Morgan fingerprint density at radius 2 is 1.82 bits per heavy atom. The van der Waals surface area contributed by atoms with Gasteiger partial charge < -0.3 is 14.6 Å². The Labute approximate surface area is 195 Å². The van der Waals surface area contributed by atoms with Gasteiger partial charge in [0.25, 0.3) is 0 Å². The molecule has 5 heteroatoms. The van der Waals surface area contributed by atoms with Gasteiger partial charge in [-0.15, -0.1) is 0 Å². The van der Waals surface area contributed by atoms with Crippen LogP contribution in [0.2, 0.25) is 0 Å². The molecule has 0 fully saturated rings. The van der Waals surface area contributed by atoms with Gasteiger partial charge in [-0.3, -0.25) is 4.79 Å². The molecule has 0 saturated carbocycles. The molecule has 3 rings (SSSR count). The lowest BCUT2D eigenvalue weighted by atomic mass is 9.79. The number of aliphatic carboxylic acids is 1. The van der Waals surface area contributed by atoms with Crippen LogP contribution in [0.5, 0.6) is 5.75 Å². The Morgan fingerprint density at radius 1 is 1.15 bits per heavy atom. The van der Waals surface area contributed by atoms with Crippen molar-refractivity contribution in [1.29, 1.82) is 0 Å². The molecular weight excluding hydrogens is 419 g/mol. The van der Waals surface area contributed by atoms with Crippen LogP contribution in [-0.4, -0.2) is 24.3 Å². The number of carboxylic acid groups (broad SMARTS) is 1. The summed E-state index contributed by atoms with van der Waals surface area (Å²) >= 11 is 0. The van der Waals surface area contributed by atoms with Gasteiger partial charge in [-0.25, -0.2) is 4.39 Å². The summed E-state index contributed by atoms with van der Waals surface area (Å²) in [7, 11) is 1.64. The van der Waals surface area contributed by atoms with Gasteiger partial charge in [-0.05, 0) is 63.9 Å². The van der Waals surface area contributed by atoms with Gasteiger partial charge >= 0.3 is 5.97 Å². The molecule has 33 heavy (non-hydrogen) atoms. The number of hydrogen-bond acceptors (Lipinski definition) is 3. The van der Waals surface area contributed by atoms with E-state index in [1.54, 1.807) is 20.1 Å². The van der Waals surface area contributed by atoms with E-state index in [1.165, 1.54) is 6.08 Å². The SMILES string of the molecule is COC1C=CC(F)=C(c2cc(COc3ccc(CC(C)C(=O)O)cc3)ccc2C(C)(C)C)C1. The Morgan fingerprint density at radius 3 is 2.42 bits per heavy atom. The first-order valence-electron chi connectivity index (χ1n) is 11.3. The maximum absolute atomic E-state index is 14.8. The first-order chi connectivity index (χ1) is 15.6. The molecule has 2 atom stereocenters. The van der Waals surface area contributed by atoms with Crippen molar-refractivity contribution in [3.63, 3.8) is 0 Å². The second-order valence-electron chi connectivity index (χ2n) is 9.67. The number of methoxy groups -OCH3 is 1. The van der Waals surface area contributed by atoms with Gasteiger partial charge in [-0.2, -0.15) is 0 Å². The van der Waals surface area contributed by atoms with Crippen LogP contribution in [0.25, 0.3) is 5.57 Å². The van der Waals surface area contributed by atoms with E-state index in [0.717, 1.165) is 22.3 Å². The van der Waals surface area contributed by atoms with Crippen LogP contribution in [0.15, 0.2) is 60.4 Å². The highest BCUT2D eigenvalue weighted by Gasteiger charge is 2.25. The number of rotatable bonds is 8. The average molecular weight is 453 g/mol. The highest BCUT2D eigenvalue weighted by atomic mass is 19.1. The molecule has 0 spiro atoms. The molecule has 0 heterocycles. The molecule has 0 amide bonds. The van der Waals surface area contributed by atoms with Crippen LogP contribution < -0.4 is 4.74 Å². The second-order valence-corrected chi connectivity index (χ2v) is 9.67. The molecule has 0 bridgehead atoms. The van der Waals surface area contributed by atoms with Crippen LogP contribution in [0, 0.1) is 5.92 Å². The van der Waals surface area contributed by atoms with Crippen LogP contribution in [0.1, 0.15) is 56.4 Å². The van der Waals surface area contributed by atoms with Crippen LogP contribution in [0.3, 0.4) is 0 Å². The Hall–Kier alpha value is -2.92. The molecule has 0 aliphatic heterocycles. The number of carbonyl (C=O) groups is 1. The summed E-state index contributed by atoms with van der Waals surface area (Å²) in [5.74, 6) is -0.758. The van der Waals surface area contributed by atoms with Crippen LogP contribution >= 0.6 is 0 Å². The predicted octanol–water partition coefficient (Wildman–Crippen LogP) is 6.48. The topological polar surface area (TPSA) is 55.8 Å². The third kappa shape index (κ3) is 6.32. The van der Waals surface area contributed by atoms with Gasteiger partial charge in [0.05, 0.1) is 12.0 Å². The molecule has 0 aromatic heterocycles. The van der Waals surface area contributed by atoms with Crippen molar-refractivity contribution < 1.29 is 23.8 Å². The molecule has 2 aromatic rings. The molecule has 1 aliphatic rings. The van der Waals surface area contributed by atoms with Crippen molar-refractivity contribution in [3.8, 4) is 5.75 Å². The Kier molecular flexibility index (Phi) is 7.75. The Bertz CT molecular complexity index is 1040. The smallest absolute Gasteiger partial charge is 0.306 e. The minimum Gasteiger partial charge on any atom is -0.489 e. The molecule has 4 nitrogen and oxygen atoms in total. The van der Waals surface area contributed by atoms with Gasteiger partial charge in [0, 0.05) is 13.5 Å². The minimum absolute atomic E-state index is 0.144. The number of hydrogen-bond donors (Lipinski definition) is 1. The van der Waals surface area contributed by atoms with Crippen molar-refractivity contribution in [1.82, 2.24) is 0 Å². The lowest BCUT2D eigenvalue weighted by molar-refractivity contribution is -0.141.